The predicted molar refractivity (Wildman–Crippen MR) is 108 cm³/mol. The molecule has 156 valence electrons. The molecular formula is C20H28N6O3. The van der Waals surface area contributed by atoms with Crippen LogP contribution in [0.15, 0.2) is 35.3 Å². The summed E-state index contributed by atoms with van der Waals surface area (Å²) in [5, 5.41) is 5.81. The topological polar surface area (TPSA) is 89.5 Å². The van der Waals surface area contributed by atoms with Gasteiger partial charge in [0.15, 0.2) is 5.96 Å². The van der Waals surface area contributed by atoms with E-state index in [2.05, 4.69) is 49.7 Å². The molecule has 0 saturated carbocycles. The molecule has 2 N–H and O–H groups in total. The highest BCUT2D eigenvalue weighted by Gasteiger charge is 2.41. The molecule has 0 aromatic heterocycles. The number of guanidine groups is 1. The third-order valence-corrected chi connectivity index (χ3v) is 5.71. The quantitative estimate of drug-likeness (QED) is 0.401. The Hall–Kier alpha value is -2.65. The molecule has 9 nitrogen and oxygen atoms in total. The molecule has 3 fully saturated rings. The Morgan fingerprint density at radius 2 is 2.10 bits per heavy atom. The highest BCUT2D eigenvalue weighted by Crippen LogP contribution is 2.24. The molecule has 9 heteroatoms. The van der Waals surface area contributed by atoms with E-state index in [0.717, 1.165) is 38.7 Å². The minimum Gasteiger partial charge on any atom is -0.373 e. The van der Waals surface area contributed by atoms with Gasteiger partial charge in [-0.2, -0.15) is 0 Å². The zero-order valence-corrected chi connectivity index (χ0v) is 16.7. The van der Waals surface area contributed by atoms with Gasteiger partial charge in [-0.15, -0.1) is 0 Å². The number of nitrogens with zero attached hydrogens (tertiary/aromatic N) is 4. The predicted octanol–water partition coefficient (Wildman–Crippen LogP) is -0.301. The molecule has 1 aromatic carbocycles. The van der Waals surface area contributed by atoms with Crippen molar-refractivity contribution >= 4 is 17.9 Å². The van der Waals surface area contributed by atoms with Gasteiger partial charge in [-0.1, -0.05) is 30.3 Å². The summed E-state index contributed by atoms with van der Waals surface area (Å²) < 4.78 is 6.04. The number of amides is 3. The van der Waals surface area contributed by atoms with Crippen LogP contribution in [-0.4, -0.2) is 97.7 Å². The Kier molecular flexibility index (Phi) is 5.96. The van der Waals surface area contributed by atoms with Gasteiger partial charge in [-0.3, -0.25) is 19.6 Å². The first-order chi connectivity index (χ1) is 14.2. The standard InChI is InChI=1S/C20H28N6O3/c1-21-19(22-7-8-26-18(27)11-23-20(26)28)25-13-16-17(14-25)29-10-9-24(16)12-15-5-3-2-4-6-15/h2-6,16-17H,7-14H2,1H3,(H,21,22)(H,23,28). The highest BCUT2D eigenvalue weighted by atomic mass is 16.5. The lowest BCUT2D eigenvalue weighted by atomic mass is 10.1. The summed E-state index contributed by atoms with van der Waals surface area (Å²) in [7, 11) is 1.75. The maximum atomic E-state index is 11.7. The number of carbonyl (C=O) groups is 2. The number of imide groups is 1. The van der Waals surface area contributed by atoms with Crippen LogP contribution in [0.3, 0.4) is 0 Å². The molecule has 0 spiro atoms. The van der Waals surface area contributed by atoms with Crippen molar-refractivity contribution in [2.75, 3.05) is 52.9 Å². The number of urea groups is 1. The van der Waals surface area contributed by atoms with Crippen LogP contribution in [0.2, 0.25) is 0 Å². The van der Waals surface area contributed by atoms with Crippen molar-refractivity contribution < 1.29 is 14.3 Å². The molecule has 2 atom stereocenters. The molecule has 3 aliphatic rings. The van der Waals surface area contributed by atoms with E-state index in [9.17, 15) is 9.59 Å². The number of likely N-dealkylation sites (tertiary alicyclic amines) is 1. The van der Waals surface area contributed by atoms with Crippen LogP contribution in [0.25, 0.3) is 0 Å². The summed E-state index contributed by atoms with van der Waals surface area (Å²) in [4.78, 5) is 33.7. The van der Waals surface area contributed by atoms with E-state index in [1.807, 2.05) is 6.07 Å². The van der Waals surface area contributed by atoms with Gasteiger partial charge in [0, 0.05) is 46.3 Å². The van der Waals surface area contributed by atoms with E-state index >= 15 is 0 Å². The monoisotopic (exact) mass is 400 g/mol. The lowest BCUT2D eigenvalue weighted by molar-refractivity contribution is -0.124. The number of ether oxygens (including phenoxy) is 1. The number of hydrogen-bond acceptors (Lipinski definition) is 5. The van der Waals surface area contributed by atoms with Crippen molar-refractivity contribution in [2.24, 2.45) is 4.99 Å². The van der Waals surface area contributed by atoms with Crippen LogP contribution in [0.4, 0.5) is 4.79 Å². The summed E-state index contributed by atoms with van der Waals surface area (Å²) in [6.45, 7) is 5.05. The Balaban J connectivity index is 1.33. The van der Waals surface area contributed by atoms with Crippen LogP contribution in [0.5, 0.6) is 0 Å². The second kappa shape index (κ2) is 8.79. The fourth-order valence-electron chi connectivity index (χ4n) is 4.24. The zero-order valence-electron chi connectivity index (χ0n) is 16.7. The Labute approximate surface area is 170 Å². The summed E-state index contributed by atoms with van der Waals surface area (Å²) in [5.74, 6) is 0.582. The summed E-state index contributed by atoms with van der Waals surface area (Å²) in [6.07, 6.45) is 0.150. The van der Waals surface area contributed by atoms with Gasteiger partial charge < -0.3 is 20.3 Å². The number of nitrogens with one attached hydrogen (secondary N) is 2. The lowest BCUT2D eigenvalue weighted by Crippen LogP contribution is -2.50. The van der Waals surface area contributed by atoms with E-state index < -0.39 is 0 Å². The van der Waals surface area contributed by atoms with Gasteiger partial charge >= 0.3 is 6.03 Å². The first kappa shape index (κ1) is 19.7. The van der Waals surface area contributed by atoms with Crippen molar-refractivity contribution in [3.05, 3.63) is 35.9 Å². The second-order valence-corrected chi connectivity index (χ2v) is 7.52. The number of fused-ring (bicyclic) bond motifs is 1. The lowest BCUT2D eigenvalue weighted by Gasteiger charge is -2.36. The average Bonchev–Trinajstić information content (AvgIpc) is 3.31. The Morgan fingerprint density at radius 1 is 1.28 bits per heavy atom. The number of benzene rings is 1. The molecule has 0 radical (unpaired) electrons. The largest absolute Gasteiger partial charge is 0.373 e. The zero-order chi connectivity index (χ0) is 20.2. The van der Waals surface area contributed by atoms with Gasteiger partial charge in [0.25, 0.3) is 0 Å². The number of rotatable bonds is 5. The maximum Gasteiger partial charge on any atom is 0.324 e. The molecule has 4 rings (SSSR count). The molecule has 3 heterocycles. The maximum absolute atomic E-state index is 11.7. The van der Waals surface area contributed by atoms with Crippen LogP contribution < -0.4 is 10.6 Å². The summed E-state index contributed by atoms with van der Waals surface area (Å²) in [5.41, 5.74) is 1.31. The van der Waals surface area contributed by atoms with E-state index in [1.54, 1.807) is 7.05 Å². The van der Waals surface area contributed by atoms with Crippen molar-refractivity contribution in [2.45, 2.75) is 18.7 Å². The van der Waals surface area contributed by atoms with E-state index in [4.69, 9.17) is 4.74 Å². The molecular weight excluding hydrogens is 372 g/mol. The van der Waals surface area contributed by atoms with Gasteiger partial charge in [0.05, 0.1) is 25.3 Å². The molecule has 3 saturated heterocycles. The van der Waals surface area contributed by atoms with Crippen LogP contribution in [0, 0.1) is 0 Å². The van der Waals surface area contributed by atoms with Crippen molar-refractivity contribution in [1.82, 2.24) is 25.3 Å². The number of hydrogen-bond donors (Lipinski definition) is 2. The molecule has 2 unspecified atom stereocenters. The summed E-state index contributed by atoms with van der Waals surface area (Å²) in [6, 6.07) is 10.5. The van der Waals surface area contributed by atoms with Gasteiger partial charge in [0.1, 0.15) is 0 Å². The minimum absolute atomic E-state index is 0.0810. The van der Waals surface area contributed by atoms with Gasteiger partial charge in [0.2, 0.25) is 5.91 Å². The number of morpholine rings is 1. The Bertz CT molecular complexity index is 755. The third-order valence-electron chi connectivity index (χ3n) is 5.71. The first-order valence-electron chi connectivity index (χ1n) is 10.1. The summed E-state index contributed by atoms with van der Waals surface area (Å²) >= 11 is 0. The van der Waals surface area contributed by atoms with Gasteiger partial charge in [-0.05, 0) is 5.56 Å². The van der Waals surface area contributed by atoms with E-state index in [1.165, 1.54) is 10.5 Å². The van der Waals surface area contributed by atoms with Gasteiger partial charge in [-0.25, -0.2) is 4.79 Å². The molecule has 0 aliphatic carbocycles. The number of carbonyl (C=O) groups excluding carboxylic acids is 2. The fraction of sp³-hybridized carbons (Fsp3) is 0.550. The SMILES string of the molecule is CN=C(NCCN1C(=O)CNC1=O)N1CC2OCCN(Cc3ccccc3)C2C1. The average molecular weight is 400 g/mol. The third kappa shape index (κ3) is 4.35. The van der Waals surface area contributed by atoms with E-state index in [0.29, 0.717) is 19.1 Å². The second-order valence-electron chi connectivity index (χ2n) is 7.52. The van der Waals surface area contributed by atoms with Crippen LogP contribution in [-0.2, 0) is 16.1 Å². The molecule has 3 amide bonds. The fourth-order valence-corrected chi connectivity index (χ4v) is 4.24. The Morgan fingerprint density at radius 3 is 2.83 bits per heavy atom. The normalized spacial score (nSPS) is 25.3. The van der Waals surface area contributed by atoms with E-state index in [-0.39, 0.29) is 24.6 Å². The van der Waals surface area contributed by atoms with Crippen molar-refractivity contribution in [1.29, 1.82) is 0 Å². The smallest absolute Gasteiger partial charge is 0.324 e. The number of aliphatic imine (C=N–C) groups is 1. The molecule has 29 heavy (non-hydrogen) atoms. The molecule has 3 aliphatic heterocycles. The first-order valence-corrected chi connectivity index (χ1v) is 10.1. The van der Waals surface area contributed by atoms with Crippen molar-refractivity contribution in [3.63, 3.8) is 0 Å². The highest BCUT2D eigenvalue weighted by molar-refractivity contribution is 6.01. The van der Waals surface area contributed by atoms with Crippen molar-refractivity contribution in [3.8, 4) is 0 Å². The minimum atomic E-state index is -0.330. The molecule has 0 bridgehead atoms. The molecule has 1 aromatic rings. The van der Waals surface area contributed by atoms with Crippen LogP contribution in [0.1, 0.15) is 5.56 Å². The van der Waals surface area contributed by atoms with Crippen LogP contribution >= 0.6 is 0 Å².